The van der Waals surface area contributed by atoms with Gasteiger partial charge in [0, 0.05) is 5.56 Å². The molecule has 0 aliphatic rings. The molecule has 0 unspecified atom stereocenters. The lowest BCUT2D eigenvalue weighted by molar-refractivity contribution is 1.04. The van der Waals surface area contributed by atoms with Crippen molar-refractivity contribution in [1.29, 1.82) is 0 Å². The molecule has 2 heteroatoms. The summed E-state index contributed by atoms with van der Waals surface area (Å²) in [7, 11) is 0. The van der Waals surface area contributed by atoms with Crippen LogP contribution in [-0.2, 0) is 6.42 Å². The number of hydrogen-bond donors (Lipinski definition) is 0. The summed E-state index contributed by atoms with van der Waals surface area (Å²) in [6.07, 6.45) is 0.891. The molecule has 3 aromatic rings. The highest BCUT2D eigenvalue weighted by atomic mass is 14.8. The number of hydrogen-bond acceptors (Lipinski definition) is 2. The molecular formula is C16H14N2. The average Bonchev–Trinajstić information content (AvgIpc) is 2.46. The van der Waals surface area contributed by atoms with Crippen LogP contribution < -0.4 is 0 Å². The van der Waals surface area contributed by atoms with E-state index < -0.39 is 0 Å². The summed E-state index contributed by atoms with van der Waals surface area (Å²) < 4.78 is 0. The fraction of sp³-hybridized carbons (Fsp3) is 0.125. The zero-order chi connectivity index (χ0) is 12.4. The zero-order valence-electron chi connectivity index (χ0n) is 10.3. The predicted octanol–water partition coefficient (Wildman–Crippen LogP) is 3.86. The van der Waals surface area contributed by atoms with E-state index in [1.807, 2.05) is 42.5 Å². The minimum Gasteiger partial charge on any atom is -0.249 e. The Kier molecular flexibility index (Phi) is 2.77. The Morgan fingerprint density at radius 2 is 1.39 bits per heavy atom. The highest BCUT2D eigenvalue weighted by Crippen LogP contribution is 2.23. The van der Waals surface area contributed by atoms with Crippen molar-refractivity contribution >= 4 is 11.0 Å². The third kappa shape index (κ3) is 1.86. The molecular weight excluding hydrogens is 220 g/mol. The Hall–Kier alpha value is -2.22. The normalized spacial score (nSPS) is 10.7. The maximum Gasteiger partial charge on any atom is 0.0924 e. The Balaban J connectivity index is 2.27. The van der Waals surface area contributed by atoms with Crippen LogP contribution in [0.25, 0.3) is 22.3 Å². The van der Waals surface area contributed by atoms with Gasteiger partial charge in [0.25, 0.3) is 0 Å². The van der Waals surface area contributed by atoms with Gasteiger partial charge in [0.2, 0.25) is 0 Å². The van der Waals surface area contributed by atoms with Crippen molar-refractivity contribution in [2.45, 2.75) is 13.3 Å². The van der Waals surface area contributed by atoms with Gasteiger partial charge in [-0.05, 0) is 18.6 Å². The predicted molar refractivity (Wildman–Crippen MR) is 74.4 cm³/mol. The molecule has 0 bridgehead atoms. The van der Waals surface area contributed by atoms with Gasteiger partial charge in [-0.1, -0.05) is 49.4 Å². The van der Waals surface area contributed by atoms with Crippen molar-refractivity contribution in [3.8, 4) is 11.3 Å². The molecule has 1 heterocycles. The van der Waals surface area contributed by atoms with Gasteiger partial charge in [-0.15, -0.1) is 0 Å². The Morgan fingerprint density at radius 1 is 0.778 bits per heavy atom. The molecule has 0 saturated carbocycles. The van der Waals surface area contributed by atoms with Crippen LogP contribution in [0.3, 0.4) is 0 Å². The molecule has 0 spiro atoms. The van der Waals surface area contributed by atoms with Gasteiger partial charge in [-0.25, -0.2) is 9.97 Å². The molecule has 88 valence electrons. The fourth-order valence-corrected chi connectivity index (χ4v) is 2.11. The maximum absolute atomic E-state index is 4.75. The molecule has 2 aromatic carbocycles. The standard InChI is InChI=1S/C16H14N2/c1-2-13-16(12-8-4-3-5-9-12)18-15-11-7-6-10-14(15)17-13/h3-11H,2H2,1H3. The average molecular weight is 234 g/mol. The molecule has 0 aliphatic carbocycles. The molecule has 2 nitrogen and oxygen atoms in total. The zero-order valence-corrected chi connectivity index (χ0v) is 10.3. The highest BCUT2D eigenvalue weighted by molar-refractivity contribution is 5.78. The molecule has 3 rings (SSSR count). The van der Waals surface area contributed by atoms with E-state index in [9.17, 15) is 0 Å². The smallest absolute Gasteiger partial charge is 0.0924 e. The van der Waals surface area contributed by atoms with Crippen molar-refractivity contribution < 1.29 is 0 Å². The van der Waals surface area contributed by atoms with Crippen molar-refractivity contribution in [2.24, 2.45) is 0 Å². The van der Waals surface area contributed by atoms with Gasteiger partial charge >= 0.3 is 0 Å². The summed E-state index contributed by atoms with van der Waals surface area (Å²) in [4.78, 5) is 9.46. The summed E-state index contributed by atoms with van der Waals surface area (Å²) in [5.74, 6) is 0. The number of para-hydroxylation sites is 2. The van der Waals surface area contributed by atoms with Gasteiger partial charge < -0.3 is 0 Å². The summed E-state index contributed by atoms with van der Waals surface area (Å²) in [6.45, 7) is 2.12. The number of aromatic nitrogens is 2. The van der Waals surface area contributed by atoms with Crippen LogP contribution in [0.15, 0.2) is 54.6 Å². The van der Waals surface area contributed by atoms with E-state index >= 15 is 0 Å². The van der Waals surface area contributed by atoms with Crippen LogP contribution in [0.1, 0.15) is 12.6 Å². The largest absolute Gasteiger partial charge is 0.249 e. The minimum absolute atomic E-state index is 0.891. The highest BCUT2D eigenvalue weighted by Gasteiger charge is 2.08. The van der Waals surface area contributed by atoms with Crippen LogP contribution in [-0.4, -0.2) is 9.97 Å². The second-order valence-electron chi connectivity index (χ2n) is 4.23. The fourth-order valence-electron chi connectivity index (χ4n) is 2.11. The lowest BCUT2D eigenvalue weighted by Gasteiger charge is -2.08. The number of rotatable bonds is 2. The first-order chi connectivity index (χ1) is 8.88. The van der Waals surface area contributed by atoms with Gasteiger partial charge in [-0.2, -0.15) is 0 Å². The first kappa shape index (κ1) is 10.9. The Bertz CT molecular complexity index is 675. The first-order valence-corrected chi connectivity index (χ1v) is 6.19. The molecule has 0 amide bonds. The van der Waals surface area contributed by atoms with Crippen LogP contribution in [0, 0.1) is 0 Å². The van der Waals surface area contributed by atoms with E-state index in [2.05, 4.69) is 19.1 Å². The quantitative estimate of drug-likeness (QED) is 0.673. The molecule has 18 heavy (non-hydrogen) atoms. The molecule has 0 saturated heterocycles. The second-order valence-corrected chi connectivity index (χ2v) is 4.23. The molecule has 0 atom stereocenters. The first-order valence-electron chi connectivity index (χ1n) is 6.19. The van der Waals surface area contributed by atoms with E-state index in [-0.39, 0.29) is 0 Å². The SMILES string of the molecule is CCc1nc2ccccc2nc1-c1ccccc1. The van der Waals surface area contributed by atoms with Crippen LogP contribution in [0.4, 0.5) is 0 Å². The molecule has 0 radical (unpaired) electrons. The van der Waals surface area contributed by atoms with Crippen LogP contribution in [0.5, 0.6) is 0 Å². The molecule has 1 aromatic heterocycles. The van der Waals surface area contributed by atoms with E-state index in [0.29, 0.717) is 0 Å². The van der Waals surface area contributed by atoms with Crippen LogP contribution in [0.2, 0.25) is 0 Å². The van der Waals surface area contributed by atoms with Crippen molar-refractivity contribution in [2.75, 3.05) is 0 Å². The summed E-state index contributed by atoms with van der Waals surface area (Å²) in [6, 6.07) is 18.3. The molecule has 0 aliphatic heterocycles. The Labute approximate surface area is 106 Å². The third-order valence-electron chi connectivity index (χ3n) is 3.02. The number of fused-ring (bicyclic) bond motifs is 1. The van der Waals surface area contributed by atoms with Gasteiger partial charge in [0.1, 0.15) is 0 Å². The number of aryl methyl sites for hydroxylation is 1. The van der Waals surface area contributed by atoms with Crippen molar-refractivity contribution in [3.63, 3.8) is 0 Å². The van der Waals surface area contributed by atoms with Crippen molar-refractivity contribution in [1.82, 2.24) is 9.97 Å². The van der Waals surface area contributed by atoms with E-state index in [0.717, 1.165) is 34.4 Å². The maximum atomic E-state index is 4.75. The lowest BCUT2D eigenvalue weighted by Crippen LogP contribution is -1.97. The topological polar surface area (TPSA) is 25.8 Å². The summed E-state index contributed by atoms with van der Waals surface area (Å²) in [5.41, 5.74) is 5.10. The van der Waals surface area contributed by atoms with Gasteiger partial charge in [0.05, 0.1) is 22.4 Å². The number of nitrogens with zero attached hydrogens (tertiary/aromatic N) is 2. The van der Waals surface area contributed by atoms with Gasteiger partial charge in [-0.3, -0.25) is 0 Å². The van der Waals surface area contributed by atoms with E-state index in [4.69, 9.17) is 9.97 Å². The monoisotopic (exact) mass is 234 g/mol. The molecule has 0 fully saturated rings. The van der Waals surface area contributed by atoms with Crippen molar-refractivity contribution in [3.05, 3.63) is 60.3 Å². The molecule has 0 N–H and O–H groups in total. The lowest BCUT2D eigenvalue weighted by atomic mass is 10.1. The summed E-state index contributed by atoms with van der Waals surface area (Å²) >= 11 is 0. The van der Waals surface area contributed by atoms with Crippen LogP contribution >= 0.6 is 0 Å². The second kappa shape index (κ2) is 4.57. The van der Waals surface area contributed by atoms with E-state index in [1.165, 1.54) is 0 Å². The number of benzene rings is 2. The third-order valence-corrected chi connectivity index (χ3v) is 3.02. The summed E-state index contributed by atoms with van der Waals surface area (Å²) in [5, 5.41) is 0. The minimum atomic E-state index is 0.891. The van der Waals surface area contributed by atoms with E-state index in [1.54, 1.807) is 0 Å². The Morgan fingerprint density at radius 3 is 2.06 bits per heavy atom. The van der Waals surface area contributed by atoms with Gasteiger partial charge in [0.15, 0.2) is 0 Å².